The first-order valence-corrected chi connectivity index (χ1v) is 20.2. The number of benzene rings is 1. The predicted molar refractivity (Wildman–Crippen MR) is 209 cm³/mol. The van der Waals surface area contributed by atoms with Gasteiger partial charge in [-0.05, 0) is 63.0 Å². The number of rotatable bonds is 17. The van der Waals surface area contributed by atoms with E-state index >= 15 is 0 Å². The first-order valence-electron chi connectivity index (χ1n) is 20.2. The Bertz CT molecular complexity index is 1540. The molecule has 0 spiro atoms. The number of likely N-dealkylation sites (N-methyl/N-ethyl adjacent to an activating group) is 1. The van der Waals surface area contributed by atoms with Crippen LogP contribution < -0.4 is 16.0 Å². The normalized spacial score (nSPS) is 23.5. The van der Waals surface area contributed by atoms with E-state index in [4.69, 9.17) is 13.9 Å². The van der Waals surface area contributed by atoms with Gasteiger partial charge < -0.3 is 39.6 Å². The zero-order valence-electron chi connectivity index (χ0n) is 34.4. The fraction of sp³-hybridized carbons (Fsp3) is 0.707. The second kappa shape index (κ2) is 20.9. The van der Waals surface area contributed by atoms with Gasteiger partial charge in [0, 0.05) is 39.4 Å². The molecular formula is C41H65N7O7. The second-order valence-electron chi connectivity index (χ2n) is 15.5. The van der Waals surface area contributed by atoms with Crippen LogP contribution in [0.1, 0.15) is 105 Å². The van der Waals surface area contributed by atoms with Crippen LogP contribution in [0.15, 0.2) is 34.7 Å². The van der Waals surface area contributed by atoms with Gasteiger partial charge in [0.25, 0.3) is 0 Å². The van der Waals surface area contributed by atoms with Crippen molar-refractivity contribution in [2.75, 3.05) is 34.4 Å². The van der Waals surface area contributed by atoms with E-state index in [1.54, 1.807) is 44.9 Å². The molecule has 14 heteroatoms. The monoisotopic (exact) mass is 767 g/mol. The summed E-state index contributed by atoms with van der Waals surface area (Å²) in [5, 5.41) is 17.5. The van der Waals surface area contributed by atoms with Crippen LogP contribution in [0.2, 0.25) is 0 Å². The summed E-state index contributed by atoms with van der Waals surface area (Å²) >= 11 is 0. The number of carbonyl (C=O) groups excluding carboxylic acids is 4. The number of carbonyl (C=O) groups is 4. The van der Waals surface area contributed by atoms with Gasteiger partial charge in [0.2, 0.25) is 35.4 Å². The Morgan fingerprint density at radius 1 is 1.02 bits per heavy atom. The SMILES string of the molecule is CCC.CCC(C)C(C(CC(=O)N1CCCC1C(OC)C(C)C(=O)N[C@@H](C)c1nnc(-c2ccccc2)o1)OC)N(C)C(=O)CNC(=O)C1NC2CCC1C2. The summed E-state index contributed by atoms with van der Waals surface area (Å²) in [5.74, 6) is -0.343. The Morgan fingerprint density at radius 3 is 2.33 bits per heavy atom. The van der Waals surface area contributed by atoms with E-state index in [2.05, 4.69) is 40.0 Å². The number of nitrogens with one attached hydrogen (secondary N) is 3. The van der Waals surface area contributed by atoms with Crippen LogP contribution in [0.3, 0.4) is 0 Å². The fourth-order valence-electron chi connectivity index (χ4n) is 8.39. The number of amides is 4. The minimum absolute atomic E-state index is 0.0177. The summed E-state index contributed by atoms with van der Waals surface area (Å²) < 4.78 is 17.7. The van der Waals surface area contributed by atoms with Gasteiger partial charge >= 0.3 is 0 Å². The Balaban J connectivity index is 0.00000217. The standard InChI is InChI=1S/C38H57N7O7.C3H8/c1-8-22(2)33(44(5)31(47)21-39-36(49)32-26-16-17-27(19-26)41-32)29(50-6)20-30(46)45-18-12-15-28(45)34(51-7)23(3)35(48)40-24(4)37-42-43-38(52-37)25-13-10-9-11-14-25;1-3-2/h9-11,13-14,22-24,26-29,32-34,41H,8,12,15-21H2,1-7H3,(H,39,49)(H,40,48);3H2,1-2H3/t22?,23?,24-,26?,27?,28?,29?,32?,33?,34?;/m0./s1. The smallest absolute Gasteiger partial charge is 0.247 e. The van der Waals surface area contributed by atoms with E-state index in [0.717, 1.165) is 37.7 Å². The molecule has 2 aromatic rings. The van der Waals surface area contributed by atoms with Crippen LogP contribution >= 0.6 is 0 Å². The van der Waals surface area contributed by atoms with Crippen molar-refractivity contribution in [3.8, 4) is 11.5 Å². The van der Waals surface area contributed by atoms with E-state index in [-0.39, 0.29) is 60.5 Å². The van der Waals surface area contributed by atoms with Crippen molar-refractivity contribution in [2.45, 2.75) is 135 Å². The van der Waals surface area contributed by atoms with Crippen molar-refractivity contribution in [2.24, 2.45) is 17.8 Å². The van der Waals surface area contributed by atoms with E-state index in [1.807, 2.05) is 44.2 Å². The van der Waals surface area contributed by atoms with E-state index in [0.29, 0.717) is 30.8 Å². The fourth-order valence-corrected chi connectivity index (χ4v) is 8.39. The number of piperidine rings is 1. The Labute approximate surface area is 327 Å². The summed E-state index contributed by atoms with van der Waals surface area (Å²) in [7, 11) is 4.84. The highest BCUT2D eigenvalue weighted by atomic mass is 16.5. The third-order valence-corrected chi connectivity index (χ3v) is 11.6. The molecule has 306 valence electrons. The van der Waals surface area contributed by atoms with Crippen LogP contribution in [0.5, 0.6) is 0 Å². The third kappa shape index (κ3) is 10.9. The zero-order chi connectivity index (χ0) is 40.2. The van der Waals surface area contributed by atoms with Gasteiger partial charge in [0.1, 0.15) is 6.04 Å². The number of ether oxygens (including phenoxy) is 2. The van der Waals surface area contributed by atoms with Crippen LogP contribution in [0.4, 0.5) is 0 Å². The highest BCUT2D eigenvalue weighted by Crippen LogP contribution is 2.35. The number of methoxy groups -OCH3 is 2. The molecule has 10 atom stereocenters. The van der Waals surface area contributed by atoms with Crippen molar-refractivity contribution in [1.29, 1.82) is 0 Å². The molecule has 3 aliphatic rings. The molecule has 14 nitrogen and oxygen atoms in total. The molecular weight excluding hydrogens is 702 g/mol. The van der Waals surface area contributed by atoms with Crippen LogP contribution in [-0.2, 0) is 28.7 Å². The first-order chi connectivity index (χ1) is 26.4. The van der Waals surface area contributed by atoms with Crippen LogP contribution in [-0.4, -0.2) is 114 Å². The Morgan fingerprint density at radius 2 is 1.73 bits per heavy atom. The second-order valence-corrected chi connectivity index (χ2v) is 15.5. The molecule has 1 aliphatic carbocycles. The molecule has 5 rings (SSSR count). The summed E-state index contributed by atoms with van der Waals surface area (Å²) in [6.07, 6.45) is 5.52. The number of fused-ring (bicyclic) bond motifs is 2. The number of aromatic nitrogens is 2. The third-order valence-electron chi connectivity index (χ3n) is 11.6. The predicted octanol–water partition coefficient (Wildman–Crippen LogP) is 4.51. The molecule has 4 amide bonds. The molecule has 3 heterocycles. The molecule has 1 aromatic carbocycles. The zero-order valence-corrected chi connectivity index (χ0v) is 34.4. The van der Waals surface area contributed by atoms with E-state index in [1.165, 1.54) is 6.42 Å². The van der Waals surface area contributed by atoms with Gasteiger partial charge in [-0.15, -0.1) is 10.2 Å². The van der Waals surface area contributed by atoms with Crippen molar-refractivity contribution in [3.63, 3.8) is 0 Å². The lowest BCUT2D eigenvalue weighted by atomic mass is 9.90. The molecule has 3 fully saturated rings. The number of hydrogen-bond acceptors (Lipinski definition) is 10. The largest absolute Gasteiger partial charge is 0.418 e. The van der Waals surface area contributed by atoms with E-state index < -0.39 is 30.2 Å². The molecule has 2 saturated heterocycles. The summed E-state index contributed by atoms with van der Waals surface area (Å²) in [5.41, 5.74) is 0.787. The van der Waals surface area contributed by atoms with Gasteiger partial charge in [-0.25, -0.2) is 0 Å². The van der Waals surface area contributed by atoms with Crippen molar-refractivity contribution >= 4 is 23.6 Å². The quantitative estimate of drug-likeness (QED) is 0.209. The van der Waals surface area contributed by atoms with Gasteiger partial charge in [-0.3, -0.25) is 19.2 Å². The maximum Gasteiger partial charge on any atom is 0.247 e. The molecule has 3 N–H and O–H groups in total. The van der Waals surface area contributed by atoms with Gasteiger partial charge in [-0.1, -0.05) is 65.7 Å². The molecule has 55 heavy (non-hydrogen) atoms. The number of likely N-dealkylation sites (tertiary alicyclic amines) is 1. The van der Waals surface area contributed by atoms with Crippen molar-refractivity contribution in [1.82, 2.24) is 35.9 Å². The van der Waals surface area contributed by atoms with Gasteiger partial charge in [0.05, 0.1) is 49.2 Å². The van der Waals surface area contributed by atoms with Gasteiger partial charge in [-0.2, -0.15) is 0 Å². The van der Waals surface area contributed by atoms with Crippen molar-refractivity contribution < 1.29 is 33.1 Å². The average molecular weight is 768 g/mol. The number of hydrogen-bond donors (Lipinski definition) is 3. The molecule has 2 aliphatic heterocycles. The minimum Gasteiger partial charge on any atom is -0.418 e. The Kier molecular flexibility index (Phi) is 16.6. The van der Waals surface area contributed by atoms with Gasteiger partial charge in [0.15, 0.2) is 0 Å². The highest BCUT2D eigenvalue weighted by Gasteiger charge is 2.44. The molecule has 0 radical (unpaired) electrons. The molecule has 1 saturated carbocycles. The van der Waals surface area contributed by atoms with Crippen LogP contribution in [0.25, 0.3) is 11.5 Å². The lowest BCUT2D eigenvalue weighted by Gasteiger charge is -2.39. The summed E-state index contributed by atoms with van der Waals surface area (Å²) in [6.45, 7) is 12.3. The topological polar surface area (TPSA) is 168 Å². The van der Waals surface area contributed by atoms with Crippen molar-refractivity contribution in [3.05, 3.63) is 36.2 Å². The molecule has 2 bridgehead atoms. The first kappa shape index (κ1) is 43.8. The highest BCUT2D eigenvalue weighted by molar-refractivity contribution is 5.88. The Hall–Kier alpha value is -3.88. The van der Waals surface area contributed by atoms with Crippen LogP contribution in [0, 0.1) is 17.8 Å². The maximum atomic E-state index is 14.0. The average Bonchev–Trinajstić information content (AvgIpc) is 4.03. The summed E-state index contributed by atoms with van der Waals surface area (Å²) in [4.78, 5) is 57.4. The number of nitrogens with zero attached hydrogens (tertiary/aromatic N) is 4. The van der Waals surface area contributed by atoms with E-state index in [9.17, 15) is 19.2 Å². The maximum absolute atomic E-state index is 14.0. The lowest BCUT2D eigenvalue weighted by Crippen LogP contribution is -2.55. The lowest BCUT2D eigenvalue weighted by molar-refractivity contribution is -0.146. The summed E-state index contributed by atoms with van der Waals surface area (Å²) in [6, 6.07) is 8.30. The minimum atomic E-state index is -0.595. The molecule has 9 unspecified atom stereocenters. The molecule has 1 aromatic heterocycles.